The lowest BCUT2D eigenvalue weighted by molar-refractivity contribution is -0.124. The minimum atomic E-state index is -0.422. The van der Waals surface area contributed by atoms with E-state index in [0.717, 1.165) is 23.9 Å². The highest BCUT2D eigenvalue weighted by atomic mass is 32.1. The van der Waals surface area contributed by atoms with Gasteiger partial charge in [0.05, 0.1) is 11.8 Å². The molecule has 0 spiro atoms. The number of nitrogens with zero attached hydrogens (tertiary/aromatic N) is 2. The van der Waals surface area contributed by atoms with E-state index in [1.807, 2.05) is 12.3 Å². The highest BCUT2D eigenvalue weighted by Crippen LogP contribution is 2.22. The topological polar surface area (TPSA) is 64.0 Å². The van der Waals surface area contributed by atoms with Crippen molar-refractivity contribution < 1.29 is 4.79 Å². The molecule has 6 heteroatoms. The second-order valence-electron chi connectivity index (χ2n) is 4.86. The molecule has 0 aromatic carbocycles. The predicted octanol–water partition coefficient (Wildman–Crippen LogP) is 1.61. The molecule has 1 saturated heterocycles. The van der Waals surface area contributed by atoms with E-state index in [-0.39, 0.29) is 11.5 Å². The van der Waals surface area contributed by atoms with Gasteiger partial charge in [-0.1, -0.05) is 0 Å². The van der Waals surface area contributed by atoms with E-state index in [0.29, 0.717) is 17.7 Å². The van der Waals surface area contributed by atoms with Crippen LogP contribution in [0.25, 0.3) is 10.2 Å². The number of fused-ring (bicyclic) bond motifs is 1. The van der Waals surface area contributed by atoms with Crippen molar-refractivity contribution in [2.24, 2.45) is 0 Å². The van der Waals surface area contributed by atoms with Crippen molar-refractivity contribution in [2.45, 2.75) is 32.2 Å². The lowest BCUT2D eigenvalue weighted by Crippen LogP contribution is -2.35. The first kappa shape index (κ1) is 12.3. The zero-order chi connectivity index (χ0) is 13.4. The maximum absolute atomic E-state index is 12.5. The summed E-state index contributed by atoms with van der Waals surface area (Å²) >= 11 is 1.40. The summed E-state index contributed by atoms with van der Waals surface area (Å²) in [7, 11) is 0. The molecule has 100 valence electrons. The fraction of sp³-hybridized carbons (Fsp3) is 0.462. The van der Waals surface area contributed by atoms with Crippen LogP contribution in [-0.2, 0) is 4.79 Å². The number of aryl methyl sites for hydroxylation is 1. The Morgan fingerprint density at radius 3 is 3.11 bits per heavy atom. The van der Waals surface area contributed by atoms with Gasteiger partial charge in [-0.15, -0.1) is 11.3 Å². The van der Waals surface area contributed by atoms with Gasteiger partial charge in [-0.3, -0.25) is 14.2 Å². The highest BCUT2D eigenvalue weighted by molar-refractivity contribution is 7.17. The molecule has 1 N–H and O–H groups in total. The Morgan fingerprint density at radius 2 is 2.26 bits per heavy atom. The molecule has 1 fully saturated rings. The lowest BCUT2D eigenvalue weighted by atomic mass is 10.1. The van der Waals surface area contributed by atoms with Gasteiger partial charge in [0.25, 0.3) is 5.56 Å². The summed E-state index contributed by atoms with van der Waals surface area (Å²) in [5, 5.41) is 4.78. The molecule has 0 saturated carbocycles. The maximum atomic E-state index is 12.5. The summed E-state index contributed by atoms with van der Waals surface area (Å²) in [5.41, 5.74) is 1.65. The molecule has 0 radical (unpaired) electrons. The van der Waals surface area contributed by atoms with Crippen LogP contribution in [-0.4, -0.2) is 22.0 Å². The average molecular weight is 277 g/mol. The number of thiophene rings is 1. The van der Waals surface area contributed by atoms with Crippen LogP contribution < -0.4 is 10.9 Å². The van der Waals surface area contributed by atoms with Gasteiger partial charge in [0.1, 0.15) is 10.7 Å². The number of carbonyl (C=O) groups excluding carboxylic acids is 1. The molecule has 1 atom stereocenters. The van der Waals surface area contributed by atoms with Gasteiger partial charge in [0, 0.05) is 6.54 Å². The van der Waals surface area contributed by atoms with E-state index in [2.05, 4.69) is 10.3 Å². The van der Waals surface area contributed by atoms with Gasteiger partial charge in [-0.05, 0) is 37.1 Å². The molecule has 2 aromatic heterocycles. The molecular weight excluding hydrogens is 262 g/mol. The van der Waals surface area contributed by atoms with Crippen LogP contribution in [0.1, 0.15) is 30.9 Å². The lowest BCUT2D eigenvalue weighted by Gasteiger charge is -2.15. The molecule has 1 amide bonds. The fourth-order valence-electron chi connectivity index (χ4n) is 2.45. The van der Waals surface area contributed by atoms with Gasteiger partial charge < -0.3 is 5.32 Å². The number of hydrogen-bond donors (Lipinski definition) is 1. The van der Waals surface area contributed by atoms with Crippen molar-refractivity contribution in [3.8, 4) is 0 Å². The van der Waals surface area contributed by atoms with Crippen molar-refractivity contribution in [3.05, 3.63) is 27.6 Å². The van der Waals surface area contributed by atoms with E-state index in [1.165, 1.54) is 22.2 Å². The van der Waals surface area contributed by atoms with E-state index in [1.54, 1.807) is 0 Å². The van der Waals surface area contributed by atoms with Gasteiger partial charge >= 0.3 is 0 Å². The molecule has 2 aromatic rings. The van der Waals surface area contributed by atoms with Crippen LogP contribution in [0.2, 0.25) is 0 Å². The van der Waals surface area contributed by atoms with Crippen molar-refractivity contribution in [1.29, 1.82) is 0 Å². The highest BCUT2D eigenvalue weighted by Gasteiger charge is 2.24. The summed E-state index contributed by atoms with van der Waals surface area (Å²) in [6.45, 7) is 2.63. The molecule has 19 heavy (non-hydrogen) atoms. The zero-order valence-electron chi connectivity index (χ0n) is 10.7. The number of hydrogen-bond acceptors (Lipinski definition) is 4. The number of aromatic nitrogens is 2. The van der Waals surface area contributed by atoms with E-state index in [4.69, 9.17) is 0 Å². The van der Waals surface area contributed by atoms with E-state index >= 15 is 0 Å². The first-order chi connectivity index (χ1) is 9.18. The summed E-state index contributed by atoms with van der Waals surface area (Å²) in [4.78, 5) is 28.8. The summed E-state index contributed by atoms with van der Waals surface area (Å²) < 4.78 is 2.12. The predicted molar refractivity (Wildman–Crippen MR) is 74.5 cm³/mol. The van der Waals surface area contributed by atoms with Crippen molar-refractivity contribution in [1.82, 2.24) is 14.9 Å². The number of amides is 1. The maximum Gasteiger partial charge on any atom is 0.272 e. The Labute approximate surface area is 114 Å². The van der Waals surface area contributed by atoms with Crippen LogP contribution in [0.5, 0.6) is 0 Å². The van der Waals surface area contributed by atoms with Crippen molar-refractivity contribution in [2.75, 3.05) is 6.54 Å². The van der Waals surface area contributed by atoms with Crippen LogP contribution >= 0.6 is 11.3 Å². The van der Waals surface area contributed by atoms with Gasteiger partial charge in [-0.2, -0.15) is 0 Å². The van der Waals surface area contributed by atoms with Gasteiger partial charge in [-0.25, -0.2) is 4.98 Å². The van der Waals surface area contributed by atoms with E-state index < -0.39 is 6.04 Å². The van der Waals surface area contributed by atoms with Crippen LogP contribution in [0.4, 0.5) is 0 Å². The first-order valence-corrected chi connectivity index (χ1v) is 7.29. The largest absolute Gasteiger partial charge is 0.354 e. The smallest absolute Gasteiger partial charge is 0.272 e. The first-order valence-electron chi connectivity index (χ1n) is 6.41. The monoisotopic (exact) mass is 277 g/mol. The van der Waals surface area contributed by atoms with E-state index in [9.17, 15) is 9.59 Å². The molecule has 3 heterocycles. The molecule has 1 aliphatic rings. The molecule has 1 unspecified atom stereocenters. The fourth-order valence-corrected chi connectivity index (χ4v) is 3.39. The molecule has 3 rings (SSSR count). The number of nitrogens with one attached hydrogen (secondary N) is 1. The summed E-state index contributed by atoms with van der Waals surface area (Å²) in [5.74, 6) is -0.0750. The second-order valence-corrected chi connectivity index (χ2v) is 5.74. The molecular formula is C13H15N3O2S. The zero-order valence-corrected chi connectivity index (χ0v) is 11.5. The Kier molecular flexibility index (Phi) is 3.10. The molecule has 0 aliphatic carbocycles. The minimum absolute atomic E-state index is 0.0750. The Balaban J connectivity index is 2.11. The van der Waals surface area contributed by atoms with Crippen LogP contribution in [0, 0.1) is 6.92 Å². The van der Waals surface area contributed by atoms with Gasteiger partial charge in [0.15, 0.2) is 0 Å². The van der Waals surface area contributed by atoms with Crippen molar-refractivity contribution in [3.63, 3.8) is 0 Å². The SMILES string of the molecule is Cc1csc2c(=O)n(C3CCCCNC3=O)cnc12. The van der Waals surface area contributed by atoms with Crippen LogP contribution in [0.3, 0.4) is 0 Å². The molecule has 0 bridgehead atoms. The number of rotatable bonds is 1. The molecule has 5 nitrogen and oxygen atoms in total. The van der Waals surface area contributed by atoms with Crippen molar-refractivity contribution >= 4 is 27.5 Å². The third-order valence-corrected chi connectivity index (χ3v) is 4.60. The second kappa shape index (κ2) is 4.77. The van der Waals surface area contributed by atoms with Crippen LogP contribution in [0.15, 0.2) is 16.5 Å². The summed E-state index contributed by atoms with van der Waals surface area (Å²) in [6, 6.07) is -0.422. The summed E-state index contributed by atoms with van der Waals surface area (Å²) in [6.07, 6.45) is 4.12. The Bertz CT molecular complexity index is 689. The Morgan fingerprint density at radius 1 is 1.42 bits per heavy atom. The normalized spacial score (nSPS) is 20.3. The minimum Gasteiger partial charge on any atom is -0.354 e. The number of carbonyl (C=O) groups is 1. The third-order valence-electron chi connectivity index (χ3n) is 3.52. The third kappa shape index (κ3) is 2.06. The van der Waals surface area contributed by atoms with Gasteiger partial charge in [0.2, 0.25) is 5.91 Å². The standard InChI is InChI=1S/C13H15N3O2S/c1-8-6-19-11-10(8)15-7-16(13(11)18)9-4-2-3-5-14-12(9)17/h6-7,9H,2-5H2,1H3,(H,14,17). The molecule has 1 aliphatic heterocycles. The Hall–Kier alpha value is -1.69. The average Bonchev–Trinajstić information content (AvgIpc) is 2.64. The quantitative estimate of drug-likeness (QED) is 0.861.